The van der Waals surface area contributed by atoms with E-state index in [-0.39, 0.29) is 18.8 Å². The molecule has 1 fully saturated rings. The van der Waals surface area contributed by atoms with Gasteiger partial charge >= 0.3 is 29.8 Å². The smallest absolute Gasteiger partial charge is 0.338 e. The quantitative estimate of drug-likeness (QED) is 0.225. The Balaban J connectivity index is 2.32. The van der Waals surface area contributed by atoms with Crippen LogP contribution >= 0.6 is 0 Å². The molecule has 10 heteroatoms. The minimum Gasteiger partial charge on any atom is -0.461 e. The van der Waals surface area contributed by atoms with E-state index in [1.54, 1.807) is 43.3 Å². The molecule has 0 heterocycles. The molecule has 1 saturated carbocycles. The van der Waals surface area contributed by atoms with Crippen LogP contribution in [0.5, 0.6) is 0 Å². The zero-order valence-electron chi connectivity index (χ0n) is 27.7. The highest BCUT2D eigenvalue weighted by molar-refractivity contribution is 5.89. The van der Waals surface area contributed by atoms with Crippen LogP contribution in [0.15, 0.2) is 54.1 Å². The number of carbonyl (C=O) groups is 5. The third kappa shape index (κ3) is 8.61. The summed E-state index contributed by atoms with van der Waals surface area (Å²) in [6.45, 7) is 14.5. The van der Waals surface area contributed by atoms with Gasteiger partial charge in [0.15, 0.2) is 5.60 Å². The predicted molar refractivity (Wildman–Crippen MR) is 165 cm³/mol. The number of esters is 5. The molecule has 0 saturated heterocycles. The molecule has 3 rings (SSSR count). The predicted octanol–water partition coefficient (Wildman–Crippen LogP) is 5.53. The average molecular weight is 627 g/mol. The molecule has 0 unspecified atom stereocenters. The van der Waals surface area contributed by atoms with Gasteiger partial charge in [-0.2, -0.15) is 0 Å². The molecule has 0 aromatic heterocycles. The molecule has 246 valence electrons. The van der Waals surface area contributed by atoms with Crippen LogP contribution in [0.25, 0.3) is 0 Å². The van der Waals surface area contributed by atoms with Crippen LogP contribution < -0.4 is 0 Å². The Hall–Kier alpha value is -3.95. The third-order valence-electron chi connectivity index (χ3n) is 8.61. The second kappa shape index (κ2) is 14.4. The summed E-state index contributed by atoms with van der Waals surface area (Å²) in [6.07, 6.45) is 2.48. The van der Waals surface area contributed by atoms with Gasteiger partial charge in [-0.05, 0) is 37.0 Å². The van der Waals surface area contributed by atoms with Crippen molar-refractivity contribution in [1.29, 1.82) is 0 Å². The largest absolute Gasteiger partial charge is 0.461 e. The van der Waals surface area contributed by atoms with Crippen molar-refractivity contribution in [2.24, 2.45) is 23.2 Å². The topological polar surface area (TPSA) is 132 Å². The molecule has 1 aromatic carbocycles. The molecule has 0 aliphatic heterocycles. The maximum absolute atomic E-state index is 13.4. The number of ether oxygens (including phenoxy) is 5. The molecule has 0 radical (unpaired) electrons. The summed E-state index contributed by atoms with van der Waals surface area (Å²) >= 11 is 0. The van der Waals surface area contributed by atoms with Crippen LogP contribution in [0.1, 0.15) is 85.5 Å². The highest BCUT2D eigenvalue weighted by Gasteiger charge is 2.62. The summed E-state index contributed by atoms with van der Waals surface area (Å²) in [5, 5.41) is 0. The van der Waals surface area contributed by atoms with Gasteiger partial charge in [0.2, 0.25) is 0 Å². The molecule has 0 spiro atoms. The number of hydrogen-bond donors (Lipinski definition) is 0. The lowest BCUT2D eigenvalue weighted by atomic mass is 9.75. The van der Waals surface area contributed by atoms with Crippen LogP contribution in [-0.4, -0.2) is 59.9 Å². The highest BCUT2D eigenvalue weighted by Crippen LogP contribution is 2.51. The van der Waals surface area contributed by atoms with Crippen molar-refractivity contribution in [2.75, 3.05) is 0 Å². The zero-order valence-corrected chi connectivity index (χ0v) is 27.7. The van der Waals surface area contributed by atoms with Gasteiger partial charge in [-0.25, -0.2) is 4.79 Å². The molecule has 0 N–H and O–H groups in total. The SMILES string of the molecule is CC(=O)O[C@@H]1C[C@@H](OC(C)=O)C(C)(C)/C=C/[C@H](C)[C@H](OC(C)=O)[C@@]2(OC(C)=O)C[C@H](C)[C@H](OC(=O)c3ccccc3)[C@@H]2/C=C/1C. The minimum absolute atomic E-state index is 0.137. The Kier molecular flexibility index (Phi) is 11.4. The lowest BCUT2D eigenvalue weighted by Crippen LogP contribution is -2.55. The summed E-state index contributed by atoms with van der Waals surface area (Å²) < 4.78 is 29.9. The van der Waals surface area contributed by atoms with E-state index in [1.807, 2.05) is 39.8 Å². The van der Waals surface area contributed by atoms with Gasteiger partial charge in [0.05, 0.1) is 11.5 Å². The number of benzene rings is 1. The van der Waals surface area contributed by atoms with E-state index >= 15 is 0 Å². The normalized spacial score (nSPS) is 33.0. The van der Waals surface area contributed by atoms with Crippen molar-refractivity contribution >= 4 is 29.8 Å². The molecule has 10 nitrogen and oxygen atoms in total. The maximum Gasteiger partial charge on any atom is 0.338 e. The first-order valence-electron chi connectivity index (χ1n) is 15.3. The lowest BCUT2D eigenvalue weighted by Gasteiger charge is -2.43. The van der Waals surface area contributed by atoms with E-state index < -0.39 is 77.1 Å². The number of hydrogen-bond acceptors (Lipinski definition) is 10. The Labute approximate surface area is 265 Å². The summed E-state index contributed by atoms with van der Waals surface area (Å²) in [5.41, 5.74) is -1.29. The summed E-state index contributed by atoms with van der Waals surface area (Å²) in [7, 11) is 0. The number of rotatable bonds is 6. The lowest BCUT2D eigenvalue weighted by molar-refractivity contribution is -0.195. The standard InChI is InChI=1S/C35H46O10/c1-20-15-16-34(8,9)30(42-24(5)37)18-29(41-23(4)36)21(2)17-28-31(44-33(40)27-13-11-10-12-14-27)22(3)19-35(28,45-26(7)39)32(20)43-25(6)38/h10-17,20,22,28-32H,18-19H2,1-9H3/b16-15+,21-17+/t20-,22-,28-,29+,30+,31-,32-,35+/m0/s1. The average Bonchev–Trinajstić information content (AvgIpc) is 3.18. The number of carbonyl (C=O) groups excluding carboxylic acids is 5. The summed E-state index contributed by atoms with van der Waals surface area (Å²) in [6, 6.07) is 8.54. The van der Waals surface area contributed by atoms with Gasteiger partial charge in [0.1, 0.15) is 24.4 Å². The fourth-order valence-electron chi connectivity index (χ4n) is 6.58. The number of fused-ring (bicyclic) bond motifs is 1. The van der Waals surface area contributed by atoms with E-state index in [2.05, 4.69) is 0 Å². The van der Waals surface area contributed by atoms with Crippen molar-refractivity contribution in [3.63, 3.8) is 0 Å². The Morgan fingerprint density at radius 3 is 1.96 bits per heavy atom. The van der Waals surface area contributed by atoms with Gasteiger partial charge in [0, 0.05) is 45.4 Å². The molecule has 2 aliphatic carbocycles. The van der Waals surface area contributed by atoms with Crippen molar-refractivity contribution < 1.29 is 47.7 Å². The molecule has 0 bridgehead atoms. The molecule has 45 heavy (non-hydrogen) atoms. The molecular formula is C35H46O10. The maximum atomic E-state index is 13.4. The molecule has 2 aliphatic rings. The van der Waals surface area contributed by atoms with Crippen molar-refractivity contribution in [2.45, 2.75) is 105 Å². The third-order valence-corrected chi connectivity index (χ3v) is 8.61. The van der Waals surface area contributed by atoms with Gasteiger partial charge in [-0.1, -0.05) is 64.1 Å². The Morgan fingerprint density at radius 1 is 0.800 bits per heavy atom. The van der Waals surface area contributed by atoms with E-state index in [9.17, 15) is 24.0 Å². The van der Waals surface area contributed by atoms with Crippen LogP contribution in [0, 0.1) is 23.2 Å². The highest BCUT2D eigenvalue weighted by atomic mass is 16.6. The fourth-order valence-corrected chi connectivity index (χ4v) is 6.58. The van der Waals surface area contributed by atoms with Gasteiger partial charge in [-0.3, -0.25) is 19.2 Å². The first-order valence-corrected chi connectivity index (χ1v) is 15.3. The van der Waals surface area contributed by atoms with E-state index in [4.69, 9.17) is 23.7 Å². The van der Waals surface area contributed by atoms with E-state index in [0.29, 0.717) is 11.1 Å². The zero-order chi connectivity index (χ0) is 33.7. The van der Waals surface area contributed by atoms with Crippen LogP contribution in [0.4, 0.5) is 0 Å². The first-order chi connectivity index (χ1) is 21.0. The molecular weight excluding hydrogens is 580 g/mol. The molecule has 1 aromatic rings. The van der Waals surface area contributed by atoms with Crippen molar-refractivity contribution in [3.05, 3.63) is 59.7 Å². The van der Waals surface area contributed by atoms with Gasteiger partial charge in [0.25, 0.3) is 0 Å². The van der Waals surface area contributed by atoms with Gasteiger partial charge in [-0.15, -0.1) is 0 Å². The van der Waals surface area contributed by atoms with Crippen molar-refractivity contribution in [1.82, 2.24) is 0 Å². The van der Waals surface area contributed by atoms with E-state index in [0.717, 1.165) is 0 Å². The van der Waals surface area contributed by atoms with Crippen LogP contribution in [0.3, 0.4) is 0 Å². The Morgan fingerprint density at radius 2 is 1.40 bits per heavy atom. The van der Waals surface area contributed by atoms with Crippen LogP contribution in [-0.2, 0) is 42.9 Å². The summed E-state index contributed by atoms with van der Waals surface area (Å²) in [5.74, 6) is -4.43. The van der Waals surface area contributed by atoms with Crippen molar-refractivity contribution in [3.8, 4) is 0 Å². The Bertz CT molecular complexity index is 1330. The molecule has 8 atom stereocenters. The van der Waals surface area contributed by atoms with Gasteiger partial charge < -0.3 is 23.7 Å². The second-order valence-corrected chi connectivity index (χ2v) is 12.9. The minimum atomic E-state index is -1.46. The molecule has 0 amide bonds. The monoisotopic (exact) mass is 626 g/mol. The van der Waals surface area contributed by atoms with E-state index in [1.165, 1.54) is 27.7 Å². The van der Waals surface area contributed by atoms with Crippen LogP contribution in [0.2, 0.25) is 0 Å². The second-order valence-electron chi connectivity index (χ2n) is 12.9. The first kappa shape index (κ1) is 35.5. The fraction of sp³-hybridized carbons (Fsp3) is 0.571. The summed E-state index contributed by atoms with van der Waals surface area (Å²) in [4.78, 5) is 63.4.